The van der Waals surface area contributed by atoms with Crippen LogP contribution in [-0.2, 0) is 11.3 Å². The van der Waals surface area contributed by atoms with Crippen molar-refractivity contribution < 1.29 is 9.32 Å². The van der Waals surface area contributed by atoms with E-state index < -0.39 is 0 Å². The molecule has 1 amide bonds. The maximum Gasteiger partial charge on any atom is 0.222 e. The normalized spacial score (nSPS) is 10.4. The second-order valence-corrected chi connectivity index (χ2v) is 4.20. The Kier molecular flexibility index (Phi) is 5.32. The first-order chi connectivity index (χ1) is 7.63. The lowest BCUT2D eigenvalue weighted by molar-refractivity contribution is -0.130. The molecule has 1 aromatic heterocycles. The molecule has 0 aliphatic carbocycles. The third-order valence-electron chi connectivity index (χ3n) is 2.28. The second-order valence-electron chi connectivity index (χ2n) is 3.82. The van der Waals surface area contributed by atoms with E-state index in [1.54, 1.807) is 11.9 Å². The molecule has 1 rings (SSSR count). The lowest BCUT2D eigenvalue weighted by atomic mass is 10.2. The van der Waals surface area contributed by atoms with Gasteiger partial charge in [0.2, 0.25) is 5.91 Å². The van der Waals surface area contributed by atoms with Crippen LogP contribution in [0.5, 0.6) is 0 Å². The number of alkyl halides is 1. The van der Waals surface area contributed by atoms with Crippen molar-refractivity contribution in [2.45, 2.75) is 32.7 Å². The molecule has 0 saturated carbocycles. The van der Waals surface area contributed by atoms with Crippen molar-refractivity contribution in [1.29, 1.82) is 0 Å². The first-order valence-electron chi connectivity index (χ1n) is 5.35. The average molecular weight is 245 g/mol. The highest BCUT2D eigenvalue weighted by Gasteiger charge is 2.10. The second kappa shape index (κ2) is 6.53. The smallest absolute Gasteiger partial charge is 0.222 e. The number of unbranched alkanes of at least 4 members (excludes halogenated alkanes) is 1. The Morgan fingerprint density at radius 1 is 1.56 bits per heavy atom. The van der Waals surface area contributed by atoms with Gasteiger partial charge in [0.15, 0.2) is 0 Å². The molecule has 0 aromatic carbocycles. The Morgan fingerprint density at radius 2 is 2.31 bits per heavy atom. The zero-order valence-electron chi connectivity index (χ0n) is 9.70. The van der Waals surface area contributed by atoms with Crippen molar-refractivity contribution in [2.24, 2.45) is 0 Å². The summed E-state index contributed by atoms with van der Waals surface area (Å²) in [6, 6.07) is 1.84. The molecule has 0 bridgehead atoms. The van der Waals surface area contributed by atoms with E-state index in [4.69, 9.17) is 16.1 Å². The van der Waals surface area contributed by atoms with Gasteiger partial charge < -0.3 is 9.42 Å². The molecule has 0 saturated heterocycles. The van der Waals surface area contributed by atoms with Crippen LogP contribution in [0.15, 0.2) is 10.6 Å². The number of carbonyl (C=O) groups excluding carboxylic acids is 1. The molecule has 0 fully saturated rings. The maximum atomic E-state index is 11.7. The fraction of sp³-hybridized carbons (Fsp3) is 0.636. The summed E-state index contributed by atoms with van der Waals surface area (Å²) in [7, 11) is 1.77. The number of halogens is 1. The van der Waals surface area contributed by atoms with Gasteiger partial charge >= 0.3 is 0 Å². The summed E-state index contributed by atoms with van der Waals surface area (Å²) in [6.45, 7) is 2.33. The summed E-state index contributed by atoms with van der Waals surface area (Å²) in [4.78, 5) is 13.3. The molecule has 5 heteroatoms. The highest BCUT2D eigenvalue weighted by atomic mass is 35.5. The molecule has 0 radical (unpaired) electrons. The fourth-order valence-corrected chi connectivity index (χ4v) is 1.57. The summed E-state index contributed by atoms with van der Waals surface area (Å²) < 4.78 is 4.94. The largest absolute Gasteiger partial charge is 0.361 e. The minimum absolute atomic E-state index is 0.116. The minimum atomic E-state index is 0.116. The average Bonchev–Trinajstić information content (AvgIpc) is 2.64. The van der Waals surface area contributed by atoms with Gasteiger partial charge in [0.25, 0.3) is 0 Å². The molecule has 4 nitrogen and oxygen atoms in total. The number of carbonyl (C=O) groups is 1. The number of aromatic nitrogens is 1. The van der Waals surface area contributed by atoms with E-state index in [2.05, 4.69) is 5.16 Å². The number of hydrogen-bond donors (Lipinski definition) is 0. The first-order valence-corrected chi connectivity index (χ1v) is 5.89. The minimum Gasteiger partial charge on any atom is -0.361 e. The molecule has 90 valence electrons. The molecule has 0 aliphatic heterocycles. The van der Waals surface area contributed by atoms with Gasteiger partial charge in [-0.1, -0.05) is 5.16 Å². The molecule has 0 atom stereocenters. The Morgan fingerprint density at radius 3 is 2.88 bits per heavy atom. The Bertz CT molecular complexity index is 338. The van der Waals surface area contributed by atoms with Crippen LogP contribution in [0.2, 0.25) is 0 Å². The third-order valence-corrected chi connectivity index (χ3v) is 2.54. The molecule has 16 heavy (non-hydrogen) atoms. The predicted octanol–water partition coefficient (Wildman–Crippen LogP) is 2.35. The van der Waals surface area contributed by atoms with Crippen LogP contribution in [0.4, 0.5) is 0 Å². The van der Waals surface area contributed by atoms with E-state index in [0.29, 0.717) is 18.8 Å². The van der Waals surface area contributed by atoms with Gasteiger partial charge in [-0.05, 0) is 19.8 Å². The van der Waals surface area contributed by atoms with Gasteiger partial charge in [-0.3, -0.25) is 4.79 Å². The van der Waals surface area contributed by atoms with Crippen molar-refractivity contribution >= 4 is 17.5 Å². The Balaban J connectivity index is 2.34. The van der Waals surface area contributed by atoms with Crippen LogP contribution in [0.1, 0.15) is 30.7 Å². The first kappa shape index (κ1) is 13.0. The highest BCUT2D eigenvalue weighted by molar-refractivity contribution is 6.17. The SMILES string of the molecule is Cc1cc(CN(C)C(=O)CCCCCl)no1. The van der Waals surface area contributed by atoms with Crippen LogP contribution in [0.25, 0.3) is 0 Å². The molecule has 1 aromatic rings. The number of hydrogen-bond acceptors (Lipinski definition) is 3. The topological polar surface area (TPSA) is 46.3 Å². The Labute approximate surface area is 101 Å². The van der Waals surface area contributed by atoms with Crippen molar-refractivity contribution in [2.75, 3.05) is 12.9 Å². The van der Waals surface area contributed by atoms with Crippen LogP contribution >= 0.6 is 11.6 Å². The molecule has 0 N–H and O–H groups in total. The predicted molar refractivity (Wildman–Crippen MR) is 62.3 cm³/mol. The number of nitrogens with zero attached hydrogens (tertiary/aromatic N) is 2. The Hall–Kier alpha value is -1.03. The summed E-state index contributed by atoms with van der Waals surface area (Å²) >= 11 is 5.55. The summed E-state index contributed by atoms with van der Waals surface area (Å²) in [5.41, 5.74) is 0.783. The van der Waals surface area contributed by atoms with Crippen LogP contribution in [0, 0.1) is 6.92 Å². The van der Waals surface area contributed by atoms with Crippen molar-refractivity contribution in [1.82, 2.24) is 10.1 Å². The molecule has 0 spiro atoms. The molecular weight excluding hydrogens is 228 g/mol. The van der Waals surface area contributed by atoms with Gasteiger partial charge in [0.1, 0.15) is 11.5 Å². The zero-order valence-corrected chi connectivity index (χ0v) is 10.5. The van der Waals surface area contributed by atoms with Gasteiger partial charge in [-0.15, -0.1) is 11.6 Å². The van der Waals surface area contributed by atoms with Crippen LogP contribution < -0.4 is 0 Å². The lowest BCUT2D eigenvalue weighted by Gasteiger charge is -2.15. The lowest BCUT2D eigenvalue weighted by Crippen LogP contribution is -2.26. The molecule has 1 heterocycles. The molecule has 0 unspecified atom stereocenters. The van der Waals surface area contributed by atoms with E-state index >= 15 is 0 Å². The van der Waals surface area contributed by atoms with E-state index in [1.807, 2.05) is 13.0 Å². The fourth-order valence-electron chi connectivity index (χ4n) is 1.39. The van der Waals surface area contributed by atoms with Gasteiger partial charge in [0, 0.05) is 25.4 Å². The van der Waals surface area contributed by atoms with Gasteiger partial charge in [-0.25, -0.2) is 0 Å². The third kappa shape index (κ3) is 4.23. The van der Waals surface area contributed by atoms with E-state index in [1.165, 1.54) is 0 Å². The summed E-state index contributed by atoms with van der Waals surface area (Å²) in [6.07, 6.45) is 2.26. The van der Waals surface area contributed by atoms with Gasteiger partial charge in [0.05, 0.1) is 6.54 Å². The van der Waals surface area contributed by atoms with Crippen LogP contribution in [-0.4, -0.2) is 28.9 Å². The maximum absolute atomic E-state index is 11.7. The standard InChI is InChI=1S/C11H17ClN2O2/c1-9-7-10(13-16-9)8-14(2)11(15)5-3-4-6-12/h7H,3-6,8H2,1-2H3. The summed E-state index contributed by atoms with van der Waals surface area (Å²) in [5, 5.41) is 3.84. The molecule has 0 aliphatic rings. The van der Waals surface area contributed by atoms with Gasteiger partial charge in [-0.2, -0.15) is 0 Å². The zero-order chi connectivity index (χ0) is 12.0. The summed E-state index contributed by atoms with van der Waals surface area (Å²) in [5.74, 6) is 1.49. The molecular formula is C11H17ClN2O2. The quantitative estimate of drug-likeness (QED) is 0.570. The van der Waals surface area contributed by atoms with Crippen molar-refractivity contribution in [3.05, 3.63) is 17.5 Å². The number of rotatable bonds is 6. The number of aryl methyl sites for hydroxylation is 1. The van der Waals surface area contributed by atoms with E-state index in [0.717, 1.165) is 24.3 Å². The van der Waals surface area contributed by atoms with E-state index in [9.17, 15) is 4.79 Å². The van der Waals surface area contributed by atoms with Crippen LogP contribution in [0.3, 0.4) is 0 Å². The highest BCUT2D eigenvalue weighted by Crippen LogP contribution is 2.07. The number of amides is 1. The van der Waals surface area contributed by atoms with Crippen molar-refractivity contribution in [3.8, 4) is 0 Å². The monoisotopic (exact) mass is 244 g/mol. The van der Waals surface area contributed by atoms with Crippen molar-refractivity contribution in [3.63, 3.8) is 0 Å². The van der Waals surface area contributed by atoms with E-state index in [-0.39, 0.29) is 5.91 Å².